The molecule has 0 fully saturated rings. The second-order valence-corrected chi connectivity index (χ2v) is 6.27. The molecule has 0 saturated heterocycles. The Hall–Kier alpha value is -1.87. The zero-order valence-corrected chi connectivity index (χ0v) is 14.9. The van der Waals surface area contributed by atoms with Crippen molar-refractivity contribution in [3.05, 3.63) is 34.4 Å². The summed E-state index contributed by atoms with van der Waals surface area (Å²) in [6.45, 7) is 0.701. The van der Waals surface area contributed by atoms with Crippen LogP contribution in [0.3, 0.4) is 0 Å². The standard InChI is InChI=1S/C16H16BrF3N2O3/c1-25-6-2-5-21-14(23)9-22-8-12(15(24)16(18,19)20)11-7-10(17)3-4-13(11)22/h3-4,7-8H,2,5-6,9H2,1H3,(H,21,23). The molecule has 2 aromatic rings. The van der Waals surface area contributed by atoms with E-state index >= 15 is 0 Å². The molecule has 0 aliphatic heterocycles. The van der Waals surface area contributed by atoms with Crippen molar-refractivity contribution in [1.29, 1.82) is 0 Å². The zero-order valence-electron chi connectivity index (χ0n) is 13.3. The molecule has 25 heavy (non-hydrogen) atoms. The highest BCUT2D eigenvalue weighted by molar-refractivity contribution is 9.10. The van der Waals surface area contributed by atoms with Crippen molar-refractivity contribution in [1.82, 2.24) is 9.88 Å². The van der Waals surface area contributed by atoms with Gasteiger partial charge in [-0.3, -0.25) is 9.59 Å². The van der Waals surface area contributed by atoms with Crippen molar-refractivity contribution in [3.8, 4) is 0 Å². The second-order valence-electron chi connectivity index (χ2n) is 5.36. The van der Waals surface area contributed by atoms with Crippen molar-refractivity contribution in [2.75, 3.05) is 20.3 Å². The van der Waals surface area contributed by atoms with Crippen molar-refractivity contribution < 1.29 is 27.5 Å². The summed E-state index contributed by atoms with van der Waals surface area (Å²) in [6, 6.07) is 4.63. The van der Waals surface area contributed by atoms with E-state index in [-0.39, 0.29) is 17.8 Å². The van der Waals surface area contributed by atoms with Crippen LogP contribution in [0.2, 0.25) is 0 Å². The first-order valence-corrected chi connectivity index (χ1v) is 8.19. The molecule has 0 aliphatic carbocycles. The first-order chi connectivity index (χ1) is 11.7. The number of nitrogens with zero attached hydrogens (tertiary/aromatic N) is 1. The van der Waals surface area contributed by atoms with Gasteiger partial charge in [0.15, 0.2) is 0 Å². The minimum absolute atomic E-state index is 0.142. The summed E-state index contributed by atoms with van der Waals surface area (Å²) in [7, 11) is 1.55. The van der Waals surface area contributed by atoms with Crippen molar-refractivity contribution in [3.63, 3.8) is 0 Å². The van der Waals surface area contributed by atoms with E-state index in [9.17, 15) is 22.8 Å². The van der Waals surface area contributed by atoms with Gasteiger partial charge in [0.25, 0.3) is 5.78 Å². The molecule has 1 N–H and O–H groups in total. The number of fused-ring (bicyclic) bond motifs is 1. The summed E-state index contributed by atoms with van der Waals surface area (Å²) >= 11 is 3.18. The van der Waals surface area contributed by atoms with Crippen molar-refractivity contribution >= 4 is 38.5 Å². The number of benzene rings is 1. The number of aromatic nitrogens is 1. The molecule has 0 bridgehead atoms. The van der Waals surface area contributed by atoms with Gasteiger partial charge in [-0.05, 0) is 24.6 Å². The van der Waals surface area contributed by atoms with Crippen LogP contribution in [-0.2, 0) is 16.1 Å². The Morgan fingerprint density at radius 2 is 2.04 bits per heavy atom. The van der Waals surface area contributed by atoms with Crippen molar-refractivity contribution in [2.45, 2.75) is 19.1 Å². The molecule has 1 aromatic heterocycles. The lowest BCUT2D eigenvalue weighted by atomic mass is 10.1. The van der Waals surface area contributed by atoms with E-state index in [1.54, 1.807) is 19.2 Å². The van der Waals surface area contributed by atoms with Gasteiger partial charge >= 0.3 is 6.18 Å². The summed E-state index contributed by atoms with van der Waals surface area (Å²) in [5, 5.41) is 2.80. The lowest BCUT2D eigenvalue weighted by Crippen LogP contribution is -2.28. The van der Waals surface area contributed by atoms with Crippen molar-refractivity contribution in [2.24, 2.45) is 0 Å². The van der Waals surface area contributed by atoms with E-state index in [4.69, 9.17) is 4.74 Å². The molecule has 0 saturated carbocycles. The van der Waals surface area contributed by atoms with Gasteiger partial charge in [0, 0.05) is 41.8 Å². The van der Waals surface area contributed by atoms with E-state index < -0.39 is 17.5 Å². The second kappa shape index (κ2) is 8.01. The number of amides is 1. The topological polar surface area (TPSA) is 60.3 Å². The highest BCUT2D eigenvalue weighted by Crippen LogP contribution is 2.30. The number of hydrogen-bond acceptors (Lipinski definition) is 3. The maximum absolute atomic E-state index is 12.8. The average Bonchev–Trinajstić information content (AvgIpc) is 2.87. The summed E-state index contributed by atoms with van der Waals surface area (Å²) in [4.78, 5) is 23.6. The number of halogens is 4. The largest absolute Gasteiger partial charge is 0.454 e. The van der Waals surface area contributed by atoms with E-state index in [0.717, 1.165) is 6.20 Å². The molecule has 0 radical (unpaired) electrons. The van der Waals surface area contributed by atoms with Gasteiger partial charge in [0.2, 0.25) is 5.91 Å². The van der Waals surface area contributed by atoms with Crippen LogP contribution in [-0.4, -0.2) is 42.7 Å². The van der Waals surface area contributed by atoms with Crippen LogP contribution in [0.25, 0.3) is 10.9 Å². The SMILES string of the molecule is COCCCNC(=O)Cn1cc(C(=O)C(F)(F)F)c2cc(Br)ccc21. The number of nitrogens with one attached hydrogen (secondary N) is 1. The summed E-state index contributed by atoms with van der Waals surface area (Å²) in [5.41, 5.74) is -0.0983. The predicted molar refractivity (Wildman–Crippen MR) is 89.5 cm³/mol. The van der Waals surface area contributed by atoms with Gasteiger partial charge in [-0.15, -0.1) is 0 Å². The third-order valence-electron chi connectivity index (χ3n) is 3.51. The Labute approximate surface area is 150 Å². The lowest BCUT2D eigenvalue weighted by Gasteiger charge is -2.07. The van der Waals surface area contributed by atoms with Gasteiger partial charge in [-0.25, -0.2) is 0 Å². The number of hydrogen-bond donors (Lipinski definition) is 1. The number of alkyl halides is 3. The maximum atomic E-state index is 12.8. The van der Waals surface area contributed by atoms with Crippen LogP contribution in [0.4, 0.5) is 13.2 Å². The van der Waals surface area contributed by atoms with Gasteiger partial charge in [0.1, 0.15) is 6.54 Å². The normalized spacial score (nSPS) is 11.7. The number of ether oxygens (including phenoxy) is 1. The highest BCUT2D eigenvalue weighted by Gasteiger charge is 2.40. The third kappa shape index (κ3) is 4.82. The molecular formula is C16H16BrF3N2O3. The Bertz CT molecular complexity index is 787. The molecule has 0 spiro atoms. The van der Waals surface area contributed by atoms with Gasteiger partial charge in [0.05, 0.1) is 5.56 Å². The molecule has 1 heterocycles. The van der Waals surface area contributed by atoms with Gasteiger partial charge in [-0.2, -0.15) is 13.2 Å². The number of rotatable bonds is 7. The molecule has 5 nitrogen and oxygen atoms in total. The quantitative estimate of drug-likeness (QED) is 0.552. The molecule has 2 rings (SSSR count). The Kier molecular flexibility index (Phi) is 6.23. The fourth-order valence-corrected chi connectivity index (χ4v) is 2.75. The first-order valence-electron chi connectivity index (χ1n) is 7.39. The van der Waals surface area contributed by atoms with E-state index in [0.29, 0.717) is 29.6 Å². The fraction of sp³-hybridized carbons (Fsp3) is 0.375. The first kappa shape index (κ1) is 19.5. The smallest absolute Gasteiger partial charge is 0.385 e. The summed E-state index contributed by atoms with van der Waals surface area (Å²) in [6.07, 6.45) is -3.29. The highest BCUT2D eigenvalue weighted by atomic mass is 79.9. The maximum Gasteiger partial charge on any atom is 0.454 e. The minimum Gasteiger partial charge on any atom is -0.385 e. The van der Waals surface area contributed by atoms with E-state index in [1.165, 1.54) is 10.6 Å². The van der Waals surface area contributed by atoms with E-state index in [2.05, 4.69) is 21.2 Å². The molecule has 9 heteroatoms. The molecule has 1 amide bonds. The minimum atomic E-state index is -4.98. The monoisotopic (exact) mass is 420 g/mol. The van der Waals surface area contributed by atoms with Gasteiger partial charge in [-0.1, -0.05) is 15.9 Å². The molecule has 0 aliphatic rings. The lowest BCUT2D eigenvalue weighted by molar-refractivity contribution is -0.121. The van der Waals surface area contributed by atoms with Crippen LogP contribution in [0, 0.1) is 0 Å². The molecular weight excluding hydrogens is 405 g/mol. The number of methoxy groups -OCH3 is 1. The number of Topliss-reactive ketones (excluding diaryl/α,β-unsaturated/α-hetero) is 1. The van der Waals surface area contributed by atoms with Crippen LogP contribution < -0.4 is 5.32 Å². The Morgan fingerprint density at radius 3 is 2.68 bits per heavy atom. The predicted octanol–water partition coefficient (Wildman–Crippen LogP) is 3.30. The van der Waals surface area contributed by atoms with Crippen LogP contribution in [0.5, 0.6) is 0 Å². The van der Waals surface area contributed by atoms with Crippen LogP contribution in [0.1, 0.15) is 16.8 Å². The summed E-state index contributed by atoms with van der Waals surface area (Å²) in [5.74, 6) is -2.29. The number of carbonyl (C=O) groups excluding carboxylic acids is 2. The zero-order chi connectivity index (χ0) is 18.6. The van der Waals surface area contributed by atoms with Crippen LogP contribution in [0.15, 0.2) is 28.9 Å². The summed E-state index contributed by atoms with van der Waals surface area (Å²) < 4.78 is 45.2. The number of carbonyl (C=O) groups is 2. The third-order valence-corrected chi connectivity index (χ3v) is 4.00. The average molecular weight is 421 g/mol. The Balaban J connectivity index is 2.28. The van der Waals surface area contributed by atoms with Crippen LogP contribution >= 0.6 is 15.9 Å². The molecule has 136 valence electrons. The van der Waals surface area contributed by atoms with E-state index in [1.807, 2.05) is 0 Å². The molecule has 0 atom stereocenters. The van der Waals surface area contributed by atoms with Gasteiger partial charge < -0.3 is 14.6 Å². The number of ketones is 1. The fourth-order valence-electron chi connectivity index (χ4n) is 2.39. The molecule has 1 aromatic carbocycles. The molecule has 0 unspecified atom stereocenters. The Morgan fingerprint density at radius 1 is 1.32 bits per heavy atom.